The van der Waals surface area contributed by atoms with E-state index in [9.17, 15) is 0 Å². The van der Waals surface area contributed by atoms with E-state index in [2.05, 4.69) is 0 Å². The summed E-state index contributed by atoms with van der Waals surface area (Å²) in [5.41, 5.74) is 0. The molecule has 0 spiro atoms. The molecule has 0 nitrogen and oxygen atoms in total. The van der Waals surface area contributed by atoms with Crippen molar-refractivity contribution in [3.63, 3.8) is 0 Å². The molecule has 0 aromatic rings. The molecule has 0 bridgehead atoms. The fourth-order valence-electron chi connectivity index (χ4n) is 0. The Bertz CT molecular complexity index is 15.5. The normalized spacial score (nSPS) is 0. The molecule has 0 aliphatic rings. The van der Waals surface area contributed by atoms with E-state index in [1.165, 1.54) is 0 Å². The zero-order valence-corrected chi connectivity index (χ0v) is 19.2. The average Bonchev–Trinajstić information content (AvgIpc) is 0. The van der Waals surface area contributed by atoms with Gasteiger partial charge in [0.2, 0.25) is 0 Å². The maximum atomic E-state index is 0. The Balaban J connectivity index is 0. The van der Waals surface area contributed by atoms with Crippen LogP contribution in [0.5, 0.6) is 0 Å². The Kier molecular flexibility index (Phi) is 200. The van der Waals surface area contributed by atoms with E-state index in [0.717, 1.165) is 0 Å². The molecule has 0 aliphatic carbocycles. The summed E-state index contributed by atoms with van der Waals surface area (Å²) >= 11 is 0. The van der Waals surface area contributed by atoms with E-state index in [4.69, 9.17) is 0 Å². The predicted octanol–water partition coefficient (Wildman–Crippen LogP) is -1.15. The van der Waals surface area contributed by atoms with Crippen molar-refractivity contribution in [2.24, 2.45) is 0 Å². The summed E-state index contributed by atoms with van der Waals surface area (Å²) in [7, 11) is 0. The van der Waals surface area contributed by atoms with E-state index in [-0.39, 0.29) is 197 Å². The Morgan fingerprint density at radius 2 is 1.00 bits per heavy atom. The quantitative estimate of drug-likeness (QED) is 0.453. The minimum absolute atomic E-state index is 0. The molecule has 0 aliphatic heterocycles. The van der Waals surface area contributed by atoms with E-state index in [0.29, 0.717) is 0 Å². The molecule has 0 aromatic carbocycles. The van der Waals surface area contributed by atoms with Crippen molar-refractivity contribution in [1.29, 1.82) is 0 Å². The monoisotopic (exact) mass is 397 g/mol. The minimum atomic E-state index is 0. The topological polar surface area (TPSA) is 0 Å². The molecule has 0 saturated heterocycles. The van der Waals surface area contributed by atoms with Crippen LogP contribution in [-0.4, -0.2) is 136 Å². The van der Waals surface area contributed by atoms with Gasteiger partial charge in [-0.1, -0.05) is 0 Å². The molecule has 0 saturated carbocycles. The Morgan fingerprint density at radius 3 is 1.00 bits per heavy atom. The second-order valence-corrected chi connectivity index (χ2v) is 0. The first-order valence-corrected chi connectivity index (χ1v) is 0. The maximum absolute atomic E-state index is 0. The zero-order valence-electron chi connectivity index (χ0n) is 3.94. The smallest absolute Gasteiger partial charge is 0 e. The molecule has 23 valence electrons. The molecule has 0 fully saturated rings. The third-order valence-corrected chi connectivity index (χ3v) is 0. The standard InChI is InChI=1S/Ca.Cs.Fe.Mn.Na.Zr. The van der Waals surface area contributed by atoms with Crippen LogP contribution in [0, 0.1) is 0 Å². The Hall–Kier alpha value is 6.23. The van der Waals surface area contributed by atoms with Crippen LogP contribution >= 0.6 is 0 Å². The maximum Gasteiger partial charge on any atom is 0 e. The van der Waals surface area contributed by atoms with Gasteiger partial charge in [-0.2, -0.15) is 0 Å². The summed E-state index contributed by atoms with van der Waals surface area (Å²) in [5, 5.41) is 0. The third kappa shape index (κ3) is 22.5. The zero-order chi connectivity index (χ0) is 0. The van der Waals surface area contributed by atoms with Crippen LogP contribution in [-0.2, 0) is 60.3 Å². The number of hydrogen-bond donors (Lipinski definition) is 0. The van der Waals surface area contributed by atoms with E-state index >= 15 is 0 Å². The fraction of sp³-hybridized carbons (Fsp3) is 0. The summed E-state index contributed by atoms with van der Waals surface area (Å²) in [4.78, 5) is 0. The minimum Gasteiger partial charge on any atom is 0 e. The second kappa shape index (κ2) is 30.3. The molecular formula is CaCsFeMnNaZr. The van der Waals surface area contributed by atoms with Gasteiger partial charge in [0.15, 0.2) is 0 Å². The summed E-state index contributed by atoms with van der Waals surface area (Å²) in [6.45, 7) is 0. The first-order chi connectivity index (χ1) is 0. The molecule has 0 aromatic heterocycles. The first-order valence-electron chi connectivity index (χ1n) is 0. The molecule has 0 amide bonds. The SMILES string of the molecule is [Ca].[Cs].[Fe].[Mn].[Na].[Zr]. The summed E-state index contributed by atoms with van der Waals surface area (Å²) in [6.07, 6.45) is 0. The molecule has 0 unspecified atom stereocenters. The van der Waals surface area contributed by atoms with Crippen molar-refractivity contribution in [3.05, 3.63) is 0 Å². The van der Waals surface area contributed by atoms with Gasteiger partial charge in [0.05, 0.1) is 0 Å². The van der Waals surface area contributed by atoms with Gasteiger partial charge in [0.25, 0.3) is 0 Å². The van der Waals surface area contributed by atoms with E-state index in [1.807, 2.05) is 0 Å². The van der Waals surface area contributed by atoms with Crippen molar-refractivity contribution in [2.45, 2.75) is 0 Å². The third-order valence-electron chi connectivity index (χ3n) is 0. The molecule has 0 atom stereocenters. The summed E-state index contributed by atoms with van der Waals surface area (Å²) in [5.74, 6) is 0. The van der Waals surface area contributed by atoms with Crippen LogP contribution in [0.1, 0.15) is 0 Å². The van der Waals surface area contributed by atoms with Gasteiger partial charge in [-0.25, -0.2) is 0 Å². The first kappa shape index (κ1) is 39.7. The average molecular weight is 398 g/mol. The van der Waals surface area contributed by atoms with Crippen molar-refractivity contribution >= 4 is 136 Å². The van der Waals surface area contributed by atoms with Crippen LogP contribution in [0.4, 0.5) is 0 Å². The van der Waals surface area contributed by atoms with Gasteiger partial charge in [-0.15, -0.1) is 0 Å². The van der Waals surface area contributed by atoms with Crippen LogP contribution in [0.2, 0.25) is 0 Å². The van der Waals surface area contributed by atoms with Gasteiger partial charge in [0.1, 0.15) is 0 Å². The van der Waals surface area contributed by atoms with Crippen molar-refractivity contribution in [3.8, 4) is 0 Å². The molecule has 6 heavy (non-hydrogen) atoms. The van der Waals surface area contributed by atoms with Crippen LogP contribution in [0.25, 0.3) is 0 Å². The van der Waals surface area contributed by atoms with Crippen molar-refractivity contribution in [1.82, 2.24) is 0 Å². The molecule has 5 radical (unpaired) electrons. The summed E-state index contributed by atoms with van der Waals surface area (Å²) < 4.78 is 0. The number of hydrogen-bond acceptors (Lipinski definition) is 0. The molecular weight excluding hydrogens is 398 g/mol. The molecule has 6 heteroatoms. The van der Waals surface area contributed by atoms with Gasteiger partial charge in [-0.3, -0.25) is 0 Å². The van der Waals surface area contributed by atoms with Crippen LogP contribution in [0.15, 0.2) is 0 Å². The molecule has 0 N–H and O–H groups in total. The van der Waals surface area contributed by atoms with Gasteiger partial charge < -0.3 is 0 Å². The largest absolute Gasteiger partial charge is 0 e. The Labute approximate surface area is 190 Å². The van der Waals surface area contributed by atoms with E-state index in [1.54, 1.807) is 0 Å². The summed E-state index contributed by atoms with van der Waals surface area (Å²) in [6, 6.07) is 0. The molecule has 0 rings (SSSR count). The fourth-order valence-corrected chi connectivity index (χ4v) is 0. The van der Waals surface area contributed by atoms with Gasteiger partial charge in [0, 0.05) is 197 Å². The van der Waals surface area contributed by atoms with Crippen LogP contribution in [0.3, 0.4) is 0 Å². The Morgan fingerprint density at radius 1 is 1.00 bits per heavy atom. The molecule has 0 heterocycles. The van der Waals surface area contributed by atoms with E-state index < -0.39 is 0 Å². The van der Waals surface area contributed by atoms with Crippen LogP contribution < -0.4 is 0 Å². The van der Waals surface area contributed by atoms with Crippen molar-refractivity contribution < 1.29 is 60.3 Å². The van der Waals surface area contributed by atoms with Gasteiger partial charge >= 0.3 is 0 Å². The van der Waals surface area contributed by atoms with Gasteiger partial charge in [-0.05, 0) is 0 Å². The van der Waals surface area contributed by atoms with Crippen molar-refractivity contribution in [2.75, 3.05) is 0 Å². The predicted molar refractivity (Wildman–Crippen MR) is 17.3 cm³/mol. The second-order valence-electron chi connectivity index (χ2n) is 0. The number of rotatable bonds is 0.